The Morgan fingerprint density at radius 1 is 1.03 bits per heavy atom. The summed E-state index contributed by atoms with van der Waals surface area (Å²) in [5.41, 5.74) is 9.56. The maximum Gasteiger partial charge on any atom is 0.265 e. The van der Waals surface area contributed by atoms with Gasteiger partial charge in [-0.3, -0.25) is 4.79 Å². The molecule has 0 saturated carbocycles. The number of ether oxygens (including phenoxy) is 1. The molecule has 4 rings (SSSR count). The van der Waals surface area contributed by atoms with E-state index in [-0.39, 0.29) is 10.5 Å². The minimum absolute atomic E-state index is 0.0203. The molecular formula is C23H21N3O4S. The Labute approximate surface area is 179 Å². The van der Waals surface area contributed by atoms with Crippen molar-refractivity contribution in [2.75, 3.05) is 12.8 Å². The number of amides is 1. The van der Waals surface area contributed by atoms with E-state index in [2.05, 4.69) is 9.71 Å². The minimum atomic E-state index is -3.96. The van der Waals surface area contributed by atoms with E-state index in [4.69, 9.17) is 10.5 Å². The number of nitrogen functional groups attached to an aromatic ring is 1. The first-order valence-electron chi connectivity index (χ1n) is 9.52. The lowest BCUT2D eigenvalue weighted by Crippen LogP contribution is -2.30. The lowest BCUT2D eigenvalue weighted by Gasteiger charge is -2.11. The standard InChI is InChI=1S/C23H21N3O4S/c1-30-22-12-16(23(27)26-31(28,29)19-5-3-2-4-6-19)8-7-15(22)11-17-14-25-21-13-18(24)9-10-20(17)21/h2-10,12-14,25H,11,24H2,1H3,(H,26,27). The minimum Gasteiger partial charge on any atom is -0.496 e. The zero-order valence-electron chi connectivity index (χ0n) is 16.8. The number of carbonyl (C=O) groups is 1. The number of hydrogen-bond donors (Lipinski definition) is 3. The molecular weight excluding hydrogens is 414 g/mol. The fraction of sp³-hybridized carbons (Fsp3) is 0.0870. The van der Waals surface area contributed by atoms with Crippen LogP contribution in [-0.4, -0.2) is 26.4 Å². The van der Waals surface area contributed by atoms with E-state index in [0.29, 0.717) is 17.9 Å². The highest BCUT2D eigenvalue weighted by Gasteiger charge is 2.19. The summed E-state index contributed by atoms with van der Waals surface area (Å²) in [5, 5.41) is 1.05. The molecule has 0 saturated heterocycles. The molecule has 4 N–H and O–H groups in total. The van der Waals surface area contributed by atoms with Crippen molar-refractivity contribution >= 4 is 32.5 Å². The summed E-state index contributed by atoms with van der Waals surface area (Å²) in [5.74, 6) is -0.231. The SMILES string of the molecule is COc1cc(C(=O)NS(=O)(=O)c2ccccc2)ccc1Cc1c[nH]c2cc(N)ccc12. The van der Waals surface area contributed by atoms with E-state index >= 15 is 0 Å². The highest BCUT2D eigenvalue weighted by atomic mass is 32.2. The Morgan fingerprint density at radius 3 is 2.55 bits per heavy atom. The van der Waals surface area contributed by atoms with Gasteiger partial charge in [-0.15, -0.1) is 0 Å². The lowest BCUT2D eigenvalue weighted by atomic mass is 10.0. The van der Waals surface area contributed by atoms with Gasteiger partial charge in [0.05, 0.1) is 12.0 Å². The summed E-state index contributed by atoms with van der Waals surface area (Å²) in [7, 11) is -2.45. The number of aromatic nitrogens is 1. The monoisotopic (exact) mass is 435 g/mol. The maximum absolute atomic E-state index is 12.6. The number of anilines is 1. The van der Waals surface area contributed by atoms with Gasteiger partial charge < -0.3 is 15.5 Å². The van der Waals surface area contributed by atoms with E-state index < -0.39 is 15.9 Å². The number of nitrogens with one attached hydrogen (secondary N) is 2. The van der Waals surface area contributed by atoms with Gasteiger partial charge in [-0.1, -0.05) is 30.3 Å². The molecule has 0 aliphatic heterocycles. The molecule has 0 spiro atoms. The van der Waals surface area contributed by atoms with E-state index in [1.165, 1.54) is 25.3 Å². The number of fused-ring (bicyclic) bond motifs is 1. The number of methoxy groups -OCH3 is 1. The van der Waals surface area contributed by atoms with Crippen molar-refractivity contribution < 1.29 is 17.9 Å². The predicted octanol–water partition coefficient (Wildman–Crippen LogP) is 3.47. The average Bonchev–Trinajstić information content (AvgIpc) is 3.16. The third-order valence-electron chi connectivity index (χ3n) is 5.00. The van der Waals surface area contributed by atoms with Crippen LogP contribution < -0.4 is 15.2 Å². The second kappa shape index (κ2) is 8.16. The number of H-pyrrole nitrogens is 1. The fourth-order valence-electron chi connectivity index (χ4n) is 3.43. The number of benzene rings is 3. The number of nitrogens with two attached hydrogens (primary N) is 1. The van der Waals surface area contributed by atoms with Crippen LogP contribution in [-0.2, 0) is 16.4 Å². The van der Waals surface area contributed by atoms with Gasteiger partial charge in [-0.2, -0.15) is 0 Å². The molecule has 0 radical (unpaired) electrons. The summed E-state index contributed by atoms with van der Waals surface area (Å²) in [4.78, 5) is 15.8. The van der Waals surface area contributed by atoms with Gasteiger partial charge in [0.1, 0.15) is 5.75 Å². The normalized spacial score (nSPS) is 11.4. The maximum atomic E-state index is 12.6. The number of aromatic amines is 1. The van der Waals surface area contributed by atoms with Crippen molar-refractivity contribution in [2.45, 2.75) is 11.3 Å². The molecule has 0 bridgehead atoms. The Morgan fingerprint density at radius 2 is 1.81 bits per heavy atom. The van der Waals surface area contributed by atoms with Gasteiger partial charge in [0.15, 0.2) is 0 Å². The summed E-state index contributed by atoms with van der Waals surface area (Å²) >= 11 is 0. The molecule has 158 valence electrons. The van der Waals surface area contributed by atoms with Crippen molar-refractivity contribution in [2.24, 2.45) is 0 Å². The largest absolute Gasteiger partial charge is 0.496 e. The van der Waals surface area contributed by atoms with Crippen molar-refractivity contribution in [3.05, 3.63) is 89.6 Å². The van der Waals surface area contributed by atoms with Crippen molar-refractivity contribution in [1.82, 2.24) is 9.71 Å². The van der Waals surface area contributed by atoms with Crippen LogP contribution in [0.4, 0.5) is 5.69 Å². The van der Waals surface area contributed by atoms with Crippen LogP contribution in [0.1, 0.15) is 21.5 Å². The number of hydrogen-bond acceptors (Lipinski definition) is 5. The first kappa shape index (κ1) is 20.5. The van der Waals surface area contributed by atoms with Crippen molar-refractivity contribution in [1.29, 1.82) is 0 Å². The van der Waals surface area contributed by atoms with Crippen molar-refractivity contribution in [3.63, 3.8) is 0 Å². The molecule has 3 aromatic carbocycles. The Balaban J connectivity index is 1.58. The zero-order valence-corrected chi connectivity index (χ0v) is 17.6. The van der Waals surface area contributed by atoms with Crippen LogP contribution in [0.3, 0.4) is 0 Å². The van der Waals surface area contributed by atoms with E-state index in [0.717, 1.165) is 22.0 Å². The van der Waals surface area contributed by atoms with Gasteiger partial charge in [0, 0.05) is 34.8 Å². The Bertz CT molecular complexity index is 1360. The highest BCUT2D eigenvalue weighted by Crippen LogP contribution is 2.28. The Kier molecular flexibility index (Phi) is 5.39. The van der Waals surface area contributed by atoms with E-state index in [1.807, 2.05) is 24.4 Å². The van der Waals surface area contributed by atoms with Crippen LogP contribution >= 0.6 is 0 Å². The van der Waals surface area contributed by atoms with Gasteiger partial charge in [-0.25, -0.2) is 13.1 Å². The quantitative estimate of drug-likeness (QED) is 0.401. The smallest absolute Gasteiger partial charge is 0.265 e. The first-order valence-corrected chi connectivity index (χ1v) is 11.0. The van der Waals surface area contributed by atoms with Crippen LogP contribution in [0.5, 0.6) is 5.75 Å². The fourth-order valence-corrected chi connectivity index (χ4v) is 4.42. The summed E-state index contributed by atoms with van der Waals surface area (Å²) in [6.45, 7) is 0. The molecule has 0 unspecified atom stereocenters. The second-order valence-corrected chi connectivity index (χ2v) is 8.75. The first-order chi connectivity index (χ1) is 14.9. The zero-order chi connectivity index (χ0) is 22.0. The molecule has 31 heavy (non-hydrogen) atoms. The average molecular weight is 436 g/mol. The van der Waals surface area contributed by atoms with Gasteiger partial charge >= 0.3 is 0 Å². The van der Waals surface area contributed by atoms with Gasteiger partial charge in [-0.05, 0) is 47.5 Å². The van der Waals surface area contributed by atoms with Crippen molar-refractivity contribution in [3.8, 4) is 5.75 Å². The topological polar surface area (TPSA) is 114 Å². The molecule has 4 aromatic rings. The summed E-state index contributed by atoms with van der Waals surface area (Å²) in [6, 6.07) is 18.3. The van der Waals surface area contributed by atoms with Gasteiger partial charge in [0.25, 0.3) is 15.9 Å². The Hall–Kier alpha value is -3.78. The second-order valence-electron chi connectivity index (χ2n) is 7.07. The molecule has 0 fully saturated rings. The van der Waals surface area contributed by atoms with E-state index in [9.17, 15) is 13.2 Å². The molecule has 1 aromatic heterocycles. The number of sulfonamides is 1. The van der Waals surface area contributed by atoms with Crippen LogP contribution in [0.25, 0.3) is 10.9 Å². The van der Waals surface area contributed by atoms with E-state index in [1.54, 1.807) is 30.3 Å². The summed E-state index contributed by atoms with van der Waals surface area (Å²) in [6.07, 6.45) is 2.48. The molecule has 0 aliphatic rings. The third-order valence-corrected chi connectivity index (χ3v) is 6.35. The molecule has 1 heterocycles. The number of carbonyl (C=O) groups excluding carboxylic acids is 1. The van der Waals surface area contributed by atoms with Gasteiger partial charge in [0.2, 0.25) is 0 Å². The number of rotatable bonds is 6. The molecule has 8 heteroatoms. The third kappa shape index (κ3) is 4.24. The van der Waals surface area contributed by atoms with Crippen LogP contribution in [0, 0.1) is 0 Å². The molecule has 1 amide bonds. The van der Waals surface area contributed by atoms with Crippen LogP contribution in [0.2, 0.25) is 0 Å². The predicted molar refractivity (Wildman–Crippen MR) is 120 cm³/mol. The van der Waals surface area contributed by atoms with Crippen LogP contribution in [0.15, 0.2) is 77.8 Å². The molecule has 0 atom stereocenters. The lowest BCUT2D eigenvalue weighted by molar-refractivity contribution is 0.0981. The molecule has 0 aliphatic carbocycles. The summed E-state index contributed by atoms with van der Waals surface area (Å²) < 4.78 is 32.4. The highest BCUT2D eigenvalue weighted by molar-refractivity contribution is 7.90. The molecule has 7 nitrogen and oxygen atoms in total.